The Morgan fingerprint density at radius 1 is 1.28 bits per heavy atom. The van der Waals surface area contributed by atoms with E-state index in [2.05, 4.69) is 33.5 Å². The molecule has 0 spiro atoms. The lowest BCUT2D eigenvalue weighted by atomic mass is 10.1. The zero-order chi connectivity index (χ0) is 17.8. The maximum Gasteiger partial charge on any atom is 0.358 e. The summed E-state index contributed by atoms with van der Waals surface area (Å²) in [4.78, 5) is 17.4. The van der Waals surface area contributed by atoms with Crippen molar-refractivity contribution in [1.82, 2.24) is 10.4 Å². The minimum atomic E-state index is -1.25. The Balaban J connectivity index is 1.64. The molecule has 1 aromatic heterocycles. The highest BCUT2D eigenvalue weighted by atomic mass is 16.5. The normalized spacial score (nSPS) is 16.4. The summed E-state index contributed by atoms with van der Waals surface area (Å²) in [6.07, 6.45) is 4.98. The molecule has 2 heterocycles. The molecule has 0 saturated carbocycles. The molecule has 0 radical (unpaired) electrons. The molecule has 6 N–H and O–H groups in total. The first-order valence-corrected chi connectivity index (χ1v) is 8.03. The van der Waals surface area contributed by atoms with Gasteiger partial charge in [0, 0.05) is 49.4 Å². The van der Waals surface area contributed by atoms with Crippen molar-refractivity contribution in [1.29, 1.82) is 0 Å². The van der Waals surface area contributed by atoms with Crippen LogP contribution in [0, 0.1) is 0 Å². The molecule has 1 aliphatic heterocycles. The van der Waals surface area contributed by atoms with Gasteiger partial charge in [0.2, 0.25) is 5.88 Å². The fourth-order valence-electron chi connectivity index (χ4n) is 2.98. The third-order valence-electron chi connectivity index (χ3n) is 4.33. The molecule has 0 bridgehead atoms. The summed E-state index contributed by atoms with van der Waals surface area (Å²) in [5.74, 6) is 3.73. The Hall–Kier alpha value is -3.00. The molecule has 0 aliphatic carbocycles. The number of hydrazine groups is 1. The number of rotatable bonds is 5. The average molecular weight is 343 g/mol. The predicted octanol–water partition coefficient (Wildman–Crippen LogP) is 0.896. The summed E-state index contributed by atoms with van der Waals surface area (Å²) in [5.41, 5.74) is 8.56. The van der Waals surface area contributed by atoms with E-state index in [0.717, 1.165) is 42.4 Å². The Morgan fingerprint density at radius 3 is 2.72 bits per heavy atom. The van der Waals surface area contributed by atoms with E-state index < -0.39 is 5.97 Å². The van der Waals surface area contributed by atoms with Gasteiger partial charge in [-0.15, -0.1) is 0 Å². The Kier molecular flexibility index (Phi) is 4.90. The molecule has 1 aliphatic rings. The minimum Gasteiger partial charge on any atom is -0.476 e. The maximum atomic E-state index is 11.0. The number of aromatic nitrogens is 1. The van der Waals surface area contributed by atoms with E-state index in [0.29, 0.717) is 0 Å². The Labute approximate surface area is 145 Å². The second-order valence-electron chi connectivity index (χ2n) is 5.90. The number of anilines is 1. The highest BCUT2D eigenvalue weighted by molar-refractivity contribution is 5.86. The van der Waals surface area contributed by atoms with Crippen molar-refractivity contribution in [3.63, 3.8) is 0 Å². The summed E-state index contributed by atoms with van der Waals surface area (Å²) in [5, 5.41) is 11.2. The van der Waals surface area contributed by atoms with Crippen LogP contribution in [0.25, 0.3) is 10.8 Å². The number of hydrogen-bond donors (Lipinski definition) is 4. The molecule has 8 nitrogen and oxygen atoms in total. The van der Waals surface area contributed by atoms with Gasteiger partial charge in [0.25, 0.3) is 0 Å². The van der Waals surface area contributed by atoms with E-state index in [1.807, 2.05) is 12.3 Å². The number of aliphatic carboxylic acids is 1. The van der Waals surface area contributed by atoms with Crippen LogP contribution in [0.2, 0.25) is 0 Å². The molecule has 8 heteroatoms. The number of piperidine rings is 1. The standard InChI is InChI=1S/C17H21N5O3/c18-16(15(21-19)17(23)24)25-14-4-7-22(8-5-14)13-2-1-12-10-20-6-3-11(12)9-13/h1-3,6,9-10,14,21H,4-5,7-8,18-19H2,(H,23,24)/b16-15+. The fraction of sp³-hybridized carbons (Fsp3) is 0.294. The molecule has 1 saturated heterocycles. The molecule has 3 rings (SSSR count). The second-order valence-corrected chi connectivity index (χ2v) is 5.90. The highest BCUT2D eigenvalue weighted by Crippen LogP contribution is 2.25. The van der Waals surface area contributed by atoms with E-state index in [9.17, 15) is 4.79 Å². The fourth-order valence-corrected chi connectivity index (χ4v) is 2.98. The topological polar surface area (TPSA) is 127 Å². The minimum absolute atomic E-state index is 0.136. The van der Waals surface area contributed by atoms with E-state index in [1.165, 1.54) is 0 Å². The van der Waals surface area contributed by atoms with Crippen LogP contribution in [0.5, 0.6) is 0 Å². The van der Waals surface area contributed by atoms with Gasteiger partial charge in [0.15, 0.2) is 5.70 Å². The van der Waals surface area contributed by atoms with Gasteiger partial charge in [0.1, 0.15) is 6.10 Å². The van der Waals surface area contributed by atoms with Crippen molar-refractivity contribution in [2.45, 2.75) is 18.9 Å². The number of pyridine rings is 1. The van der Waals surface area contributed by atoms with Gasteiger partial charge in [-0.1, -0.05) is 6.07 Å². The van der Waals surface area contributed by atoms with Crippen LogP contribution in [0.4, 0.5) is 5.69 Å². The number of carboxylic acid groups (broad SMARTS) is 1. The van der Waals surface area contributed by atoms with E-state index in [-0.39, 0.29) is 17.7 Å². The SMILES string of the molecule is NN/C(C(=O)O)=C(\N)OC1CCN(c2ccc3cnccc3c2)CC1. The number of nitrogens with zero attached hydrogens (tertiary/aromatic N) is 2. The molecule has 0 unspecified atom stereocenters. The van der Waals surface area contributed by atoms with Gasteiger partial charge in [0.05, 0.1) is 0 Å². The van der Waals surface area contributed by atoms with Crippen LogP contribution in [0.1, 0.15) is 12.8 Å². The quantitative estimate of drug-likeness (QED) is 0.273. The van der Waals surface area contributed by atoms with Crippen LogP contribution >= 0.6 is 0 Å². The average Bonchev–Trinajstić information content (AvgIpc) is 2.62. The lowest BCUT2D eigenvalue weighted by Gasteiger charge is -2.34. The highest BCUT2D eigenvalue weighted by Gasteiger charge is 2.23. The summed E-state index contributed by atoms with van der Waals surface area (Å²) in [6.45, 7) is 1.60. The lowest BCUT2D eigenvalue weighted by Crippen LogP contribution is -2.38. The first-order valence-electron chi connectivity index (χ1n) is 8.03. The van der Waals surface area contributed by atoms with Gasteiger partial charge in [-0.2, -0.15) is 0 Å². The molecular weight excluding hydrogens is 322 g/mol. The number of carboxylic acids is 1. The number of carbonyl (C=O) groups is 1. The van der Waals surface area contributed by atoms with Gasteiger partial charge in [-0.05, 0) is 23.6 Å². The first-order chi connectivity index (χ1) is 12.1. The van der Waals surface area contributed by atoms with Gasteiger partial charge in [-0.3, -0.25) is 10.8 Å². The van der Waals surface area contributed by atoms with Crippen molar-refractivity contribution in [3.05, 3.63) is 48.2 Å². The van der Waals surface area contributed by atoms with E-state index in [4.69, 9.17) is 21.4 Å². The van der Waals surface area contributed by atoms with Crippen LogP contribution in [-0.2, 0) is 9.53 Å². The monoisotopic (exact) mass is 343 g/mol. The van der Waals surface area contributed by atoms with E-state index >= 15 is 0 Å². The number of ether oxygens (including phenoxy) is 1. The van der Waals surface area contributed by atoms with E-state index in [1.54, 1.807) is 6.20 Å². The van der Waals surface area contributed by atoms with Gasteiger partial charge >= 0.3 is 5.97 Å². The molecule has 0 atom stereocenters. The van der Waals surface area contributed by atoms with Crippen molar-refractivity contribution < 1.29 is 14.6 Å². The summed E-state index contributed by atoms with van der Waals surface area (Å²) < 4.78 is 5.56. The molecule has 1 aromatic carbocycles. The maximum absolute atomic E-state index is 11.0. The van der Waals surface area contributed by atoms with Crippen molar-refractivity contribution in [3.8, 4) is 0 Å². The largest absolute Gasteiger partial charge is 0.476 e. The van der Waals surface area contributed by atoms with Crippen LogP contribution < -0.4 is 21.9 Å². The number of nitrogens with one attached hydrogen (secondary N) is 1. The molecule has 0 amide bonds. The molecule has 1 fully saturated rings. The molecule has 25 heavy (non-hydrogen) atoms. The summed E-state index contributed by atoms with van der Waals surface area (Å²) in [7, 11) is 0. The predicted molar refractivity (Wildman–Crippen MR) is 94.2 cm³/mol. The Bertz CT molecular complexity index is 800. The van der Waals surface area contributed by atoms with Gasteiger partial charge < -0.3 is 25.9 Å². The summed E-state index contributed by atoms with van der Waals surface area (Å²) >= 11 is 0. The number of fused-ring (bicyclic) bond motifs is 1. The number of nitrogens with two attached hydrogens (primary N) is 2. The molecule has 2 aromatic rings. The Morgan fingerprint density at radius 2 is 2.04 bits per heavy atom. The smallest absolute Gasteiger partial charge is 0.358 e. The third-order valence-corrected chi connectivity index (χ3v) is 4.33. The zero-order valence-electron chi connectivity index (χ0n) is 13.7. The van der Waals surface area contributed by atoms with Crippen molar-refractivity contribution in [2.75, 3.05) is 18.0 Å². The number of hydrogen-bond acceptors (Lipinski definition) is 7. The molecule has 132 valence electrons. The third kappa shape index (κ3) is 3.74. The van der Waals surface area contributed by atoms with Crippen LogP contribution in [0.3, 0.4) is 0 Å². The van der Waals surface area contributed by atoms with Crippen LogP contribution in [-0.4, -0.2) is 35.3 Å². The number of benzene rings is 1. The van der Waals surface area contributed by atoms with Crippen molar-refractivity contribution in [2.24, 2.45) is 11.6 Å². The lowest BCUT2D eigenvalue weighted by molar-refractivity contribution is -0.133. The molecular formula is C17H21N5O3. The van der Waals surface area contributed by atoms with Crippen molar-refractivity contribution >= 4 is 22.4 Å². The summed E-state index contributed by atoms with van der Waals surface area (Å²) in [6, 6.07) is 8.29. The van der Waals surface area contributed by atoms with Crippen LogP contribution in [0.15, 0.2) is 48.2 Å². The second kappa shape index (κ2) is 7.27. The zero-order valence-corrected chi connectivity index (χ0v) is 13.7. The first kappa shape index (κ1) is 16.8. The van der Waals surface area contributed by atoms with Gasteiger partial charge in [-0.25, -0.2) is 4.79 Å².